The smallest absolute Gasteiger partial charge is 0.289 e. The number of hydrogen-bond acceptors (Lipinski definition) is 6. The largest absolute Gasteiger partial charge is 0.311 e. The van der Waals surface area contributed by atoms with Crippen molar-refractivity contribution in [2.45, 2.75) is 37.1 Å². The maximum atomic E-state index is 12.6. The molecule has 0 radical (unpaired) electrons. The van der Waals surface area contributed by atoms with Crippen LogP contribution in [-0.2, 0) is 16.6 Å². The van der Waals surface area contributed by atoms with Crippen molar-refractivity contribution in [1.82, 2.24) is 15.0 Å². The summed E-state index contributed by atoms with van der Waals surface area (Å²) in [6, 6.07) is 15.7. The van der Waals surface area contributed by atoms with Crippen LogP contribution in [0.2, 0.25) is 0 Å². The van der Waals surface area contributed by atoms with E-state index in [1.807, 2.05) is 18.3 Å². The average Bonchev–Trinajstić information content (AvgIpc) is 2.83. The first-order valence-electron chi connectivity index (χ1n) is 11.2. The Bertz CT molecular complexity index is 1220. The Balaban J connectivity index is 1.22. The molecule has 1 heterocycles. The fraction of sp³-hybridized carbons (Fsp3) is 0.375. The van der Waals surface area contributed by atoms with Gasteiger partial charge in [0, 0.05) is 30.7 Å². The van der Waals surface area contributed by atoms with Crippen molar-refractivity contribution in [1.29, 1.82) is 0 Å². The van der Waals surface area contributed by atoms with Crippen LogP contribution in [0.4, 0.5) is 5.69 Å². The topological polar surface area (TPSA) is 114 Å². The van der Waals surface area contributed by atoms with Gasteiger partial charge in [-0.1, -0.05) is 36.4 Å². The van der Waals surface area contributed by atoms with Crippen LogP contribution in [0.5, 0.6) is 0 Å². The zero-order valence-electron chi connectivity index (χ0n) is 18.3. The molecule has 2 aromatic carbocycles. The first-order chi connectivity index (χ1) is 15.9. The van der Waals surface area contributed by atoms with E-state index in [1.54, 1.807) is 0 Å². The van der Waals surface area contributed by atoms with E-state index in [0.29, 0.717) is 12.5 Å². The Morgan fingerprint density at radius 2 is 1.58 bits per heavy atom. The summed E-state index contributed by atoms with van der Waals surface area (Å²) in [6.07, 6.45) is 5.81. The van der Waals surface area contributed by atoms with Crippen LogP contribution in [0.3, 0.4) is 0 Å². The Kier molecular flexibility index (Phi) is 7.32. The summed E-state index contributed by atoms with van der Waals surface area (Å²) in [4.78, 5) is 14.7. The summed E-state index contributed by atoms with van der Waals surface area (Å²) in [7, 11) is -3.92. The number of nitrogens with one attached hydrogen (secondary N) is 2. The molecule has 9 heteroatoms. The minimum Gasteiger partial charge on any atom is -0.311 e. The van der Waals surface area contributed by atoms with E-state index in [4.69, 9.17) is 0 Å². The highest BCUT2D eigenvalue weighted by atomic mass is 32.2. The lowest BCUT2D eigenvalue weighted by atomic mass is 9.82. The lowest BCUT2D eigenvalue weighted by molar-refractivity contribution is -0.387. The van der Waals surface area contributed by atoms with Gasteiger partial charge in [0.1, 0.15) is 0 Å². The molecule has 1 aliphatic carbocycles. The number of sulfonamides is 1. The molecule has 174 valence electrons. The first-order valence-corrected chi connectivity index (χ1v) is 12.7. The highest BCUT2D eigenvalue weighted by Gasteiger charge is 2.27. The van der Waals surface area contributed by atoms with E-state index >= 15 is 0 Å². The third-order valence-electron chi connectivity index (χ3n) is 6.31. The number of nitro groups is 1. The van der Waals surface area contributed by atoms with Crippen molar-refractivity contribution in [3.63, 3.8) is 0 Å². The quantitative estimate of drug-likeness (QED) is 0.362. The fourth-order valence-electron chi connectivity index (χ4n) is 4.41. The van der Waals surface area contributed by atoms with Crippen LogP contribution in [-0.4, -0.2) is 31.4 Å². The predicted molar refractivity (Wildman–Crippen MR) is 127 cm³/mol. The molecule has 1 fully saturated rings. The molecule has 1 aliphatic rings. The van der Waals surface area contributed by atoms with Gasteiger partial charge in [0.15, 0.2) is 4.90 Å². The van der Waals surface area contributed by atoms with Gasteiger partial charge in [-0.05, 0) is 61.6 Å². The standard InChI is InChI=1S/C24H28N4O4S/c29-28(30)23-7-3-4-8-24(23)33(31,32)27-15-19-11-9-18(10-12-19)14-25-17-22-13-20-5-1-2-6-21(20)16-26-22/h1-8,13,16,18-19,25,27H,9-12,14-15,17H2. The predicted octanol–water partition coefficient (Wildman–Crippen LogP) is 4.02. The van der Waals surface area contributed by atoms with Gasteiger partial charge in [-0.2, -0.15) is 0 Å². The van der Waals surface area contributed by atoms with Crippen LogP contribution < -0.4 is 10.0 Å². The second-order valence-corrected chi connectivity index (χ2v) is 10.4. The lowest BCUT2D eigenvalue weighted by Crippen LogP contribution is -2.33. The van der Waals surface area contributed by atoms with E-state index in [2.05, 4.69) is 33.2 Å². The second-order valence-electron chi connectivity index (χ2n) is 8.62. The molecule has 0 unspecified atom stereocenters. The molecule has 8 nitrogen and oxygen atoms in total. The Morgan fingerprint density at radius 3 is 2.30 bits per heavy atom. The molecule has 0 spiro atoms. The monoisotopic (exact) mass is 468 g/mol. The number of fused-ring (bicyclic) bond motifs is 1. The van der Waals surface area contributed by atoms with E-state index in [-0.39, 0.29) is 10.8 Å². The van der Waals surface area contributed by atoms with Gasteiger partial charge >= 0.3 is 0 Å². The summed E-state index contributed by atoms with van der Waals surface area (Å²) >= 11 is 0. The van der Waals surface area contributed by atoms with Crippen LogP contribution in [0, 0.1) is 22.0 Å². The Hall–Kier alpha value is -2.88. The Labute approximate surface area is 193 Å². The summed E-state index contributed by atoms with van der Waals surface area (Å²) in [5.41, 5.74) is 0.618. The van der Waals surface area contributed by atoms with Crippen molar-refractivity contribution in [2.24, 2.45) is 11.8 Å². The second kappa shape index (κ2) is 10.4. The van der Waals surface area contributed by atoms with E-state index in [1.165, 1.54) is 29.7 Å². The third-order valence-corrected chi connectivity index (χ3v) is 7.78. The van der Waals surface area contributed by atoms with Gasteiger partial charge in [0.2, 0.25) is 10.0 Å². The van der Waals surface area contributed by atoms with Gasteiger partial charge in [-0.25, -0.2) is 13.1 Å². The first kappa shape index (κ1) is 23.3. The number of nitrogens with zero attached hydrogens (tertiary/aromatic N) is 2. The molecule has 1 aromatic heterocycles. The van der Waals surface area contributed by atoms with Crippen LogP contribution >= 0.6 is 0 Å². The number of pyridine rings is 1. The highest BCUT2D eigenvalue weighted by Crippen LogP contribution is 2.29. The molecule has 1 saturated carbocycles. The SMILES string of the molecule is O=[N+]([O-])c1ccccc1S(=O)(=O)NCC1CCC(CNCc2cc3ccccc3cn2)CC1. The number of rotatable bonds is 9. The molecule has 4 rings (SSSR count). The van der Waals surface area contributed by atoms with E-state index in [9.17, 15) is 18.5 Å². The normalized spacial score (nSPS) is 18.9. The van der Waals surface area contributed by atoms with Gasteiger partial charge < -0.3 is 5.32 Å². The zero-order chi connectivity index (χ0) is 23.3. The fourth-order valence-corrected chi connectivity index (χ4v) is 5.70. The summed E-state index contributed by atoms with van der Waals surface area (Å²) in [6.45, 7) is 1.93. The number of benzene rings is 2. The molecule has 0 atom stereocenters. The van der Waals surface area contributed by atoms with Crippen LogP contribution in [0.1, 0.15) is 31.4 Å². The maximum absolute atomic E-state index is 12.6. The molecule has 33 heavy (non-hydrogen) atoms. The summed E-state index contributed by atoms with van der Waals surface area (Å²) < 4.78 is 27.8. The number of nitro benzene ring substituents is 1. The number of hydrogen-bond donors (Lipinski definition) is 2. The summed E-state index contributed by atoms with van der Waals surface area (Å²) in [5, 5.41) is 17.0. The maximum Gasteiger partial charge on any atom is 0.289 e. The summed E-state index contributed by atoms with van der Waals surface area (Å²) in [5.74, 6) is 0.787. The van der Waals surface area contributed by atoms with Crippen LogP contribution in [0.25, 0.3) is 10.8 Å². The van der Waals surface area contributed by atoms with Crippen molar-refractivity contribution in [3.05, 3.63) is 76.6 Å². The number of para-hydroxylation sites is 1. The van der Waals surface area contributed by atoms with Crippen molar-refractivity contribution < 1.29 is 13.3 Å². The van der Waals surface area contributed by atoms with Crippen molar-refractivity contribution in [2.75, 3.05) is 13.1 Å². The van der Waals surface area contributed by atoms with Crippen LogP contribution in [0.15, 0.2) is 65.7 Å². The van der Waals surface area contributed by atoms with Gasteiger partial charge in [-0.15, -0.1) is 0 Å². The minimum atomic E-state index is -3.92. The highest BCUT2D eigenvalue weighted by molar-refractivity contribution is 7.89. The third kappa shape index (κ3) is 5.93. The van der Waals surface area contributed by atoms with E-state index < -0.39 is 20.6 Å². The molecule has 0 bridgehead atoms. The van der Waals surface area contributed by atoms with Crippen molar-refractivity contribution in [3.8, 4) is 0 Å². The van der Waals surface area contributed by atoms with Crippen molar-refractivity contribution >= 4 is 26.5 Å². The molecular weight excluding hydrogens is 440 g/mol. The average molecular weight is 469 g/mol. The van der Waals surface area contributed by atoms with Gasteiger partial charge in [-0.3, -0.25) is 15.1 Å². The molecule has 3 aromatic rings. The van der Waals surface area contributed by atoms with E-state index in [0.717, 1.165) is 49.9 Å². The zero-order valence-corrected chi connectivity index (χ0v) is 19.1. The minimum absolute atomic E-state index is 0.237. The molecule has 2 N–H and O–H groups in total. The molecule has 0 amide bonds. The number of aromatic nitrogens is 1. The lowest BCUT2D eigenvalue weighted by Gasteiger charge is -2.28. The molecule has 0 aliphatic heterocycles. The van der Waals surface area contributed by atoms with Gasteiger partial charge in [0.05, 0.1) is 10.6 Å². The van der Waals surface area contributed by atoms with Gasteiger partial charge in [0.25, 0.3) is 5.69 Å². The molecule has 0 saturated heterocycles. The molecular formula is C24H28N4O4S. The Morgan fingerprint density at radius 1 is 0.939 bits per heavy atom.